The van der Waals surface area contributed by atoms with Gasteiger partial charge >= 0.3 is 5.97 Å². The third kappa shape index (κ3) is 4.32. The lowest BCUT2D eigenvalue weighted by Crippen LogP contribution is -2.29. The van der Waals surface area contributed by atoms with Crippen LogP contribution in [0.4, 0.5) is 0 Å². The molecule has 0 N–H and O–H groups in total. The maximum atomic E-state index is 11.1. The van der Waals surface area contributed by atoms with Crippen molar-refractivity contribution in [2.24, 2.45) is 0 Å². The fraction of sp³-hybridized carbons (Fsp3) is 0.500. The second-order valence-electron chi connectivity index (χ2n) is 3.09. The molecule has 0 fully saturated rings. The molecule has 1 aromatic rings. The molecule has 1 heterocycles. The number of rotatable bonds is 5. The fourth-order valence-corrected chi connectivity index (χ4v) is 2.71. The Morgan fingerprint density at radius 2 is 2.33 bits per heavy atom. The molecule has 0 aliphatic heterocycles. The van der Waals surface area contributed by atoms with E-state index >= 15 is 0 Å². The lowest BCUT2D eigenvalue weighted by atomic mass is 10.4. The summed E-state index contributed by atoms with van der Waals surface area (Å²) >= 11 is 5.11. The minimum Gasteiger partial charge on any atom is -0.468 e. The van der Waals surface area contributed by atoms with Crippen LogP contribution in [0, 0.1) is 0 Å². The summed E-state index contributed by atoms with van der Waals surface area (Å²) in [6.07, 6.45) is 0. The highest BCUT2D eigenvalue weighted by Crippen LogP contribution is 2.23. The molecule has 0 unspecified atom stereocenters. The van der Waals surface area contributed by atoms with E-state index in [-0.39, 0.29) is 5.97 Å². The van der Waals surface area contributed by atoms with Crippen molar-refractivity contribution in [3.8, 4) is 0 Å². The monoisotopic (exact) mass is 291 g/mol. The lowest BCUT2D eigenvalue weighted by Gasteiger charge is -2.17. The minimum absolute atomic E-state index is 0.188. The third-order valence-corrected chi connectivity index (χ3v) is 3.64. The Morgan fingerprint density at radius 1 is 1.60 bits per heavy atom. The second kappa shape index (κ2) is 6.25. The summed E-state index contributed by atoms with van der Waals surface area (Å²) in [6, 6.07) is 4.08. The van der Waals surface area contributed by atoms with Gasteiger partial charge in [-0.25, -0.2) is 0 Å². The molecule has 0 amide bonds. The predicted octanol–water partition coefficient (Wildman–Crippen LogP) is 2.51. The van der Waals surface area contributed by atoms with Crippen molar-refractivity contribution in [2.45, 2.75) is 13.5 Å². The predicted molar refractivity (Wildman–Crippen MR) is 65.0 cm³/mol. The van der Waals surface area contributed by atoms with Gasteiger partial charge in [0.25, 0.3) is 0 Å². The molecule has 5 heteroatoms. The smallest absolute Gasteiger partial charge is 0.319 e. The molecule has 15 heavy (non-hydrogen) atoms. The van der Waals surface area contributed by atoms with Gasteiger partial charge in [0.1, 0.15) is 0 Å². The number of thiophene rings is 1. The third-order valence-electron chi connectivity index (χ3n) is 2.04. The summed E-state index contributed by atoms with van der Waals surface area (Å²) in [7, 11) is 1.41. The molecular weight excluding hydrogens is 278 g/mol. The van der Waals surface area contributed by atoms with Crippen LogP contribution in [0.3, 0.4) is 0 Å². The molecule has 0 saturated carbocycles. The number of nitrogens with zero attached hydrogens (tertiary/aromatic N) is 1. The Hall–Kier alpha value is -0.390. The van der Waals surface area contributed by atoms with Crippen molar-refractivity contribution in [1.29, 1.82) is 0 Å². The number of ether oxygens (including phenoxy) is 1. The van der Waals surface area contributed by atoms with E-state index < -0.39 is 0 Å². The Morgan fingerprint density at radius 3 is 2.80 bits per heavy atom. The van der Waals surface area contributed by atoms with Crippen molar-refractivity contribution < 1.29 is 9.53 Å². The SMILES string of the molecule is CCN(CC(=O)OC)Cc1ccc(Br)s1. The lowest BCUT2D eigenvalue weighted by molar-refractivity contribution is -0.142. The van der Waals surface area contributed by atoms with E-state index in [1.807, 2.05) is 17.9 Å². The Kier molecular flexibility index (Phi) is 5.28. The van der Waals surface area contributed by atoms with E-state index in [1.54, 1.807) is 11.3 Å². The van der Waals surface area contributed by atoms with Crippen LogP contribution >= 0.6 is 27.3 Å². The topological polar surface area (TPSA) is 29.5 Å². The zero-order valence-corrected chi connectivity index (χ0v) is 11.2. The first-order valence-corrected chi connectivity index (χ1v) is 6.30. The largest absolute Gasteiger partial charge is 0.468 e. The Labute approximate surface area is 102 Å². The minimum atomic E-state index is -0.188. The summed E-state index contributed by atoms with van der Waals surface area (Å²) < 4.78 is 5.76. The molecule has 0 aliphatic carbocycles. The number of carbonyl (C=O) groups excluding carboxylic acids is 1. The first-order chi connectivity index (χ1) is 7.15. The number of methoxy groups -OCH3 is 1. The van der Waals surface area contributed by atoms with Crippen LogP contribution in [0.5, 0.6) is 0 Å². The van der Waals surface area contributed by atoms with Gasteiger partial charge in [0.15, 0.2) is 0 Å². The van der Waals surface area contributed by atoms with E-state index in [0.29, 0.717) is 6.54 Å². The number of likely N-dealkylation sites (N-methyl/N-ethyl adjacent to an activating group) is 1. The quantitative estimate of drug-likeness (QED) is 0.781. The van der Waals surface area contributed by atoms with Gasteiger partial charge in [-0.1, -0.05) is 6.92 Å². The van der Waals surface area contributed by atoms with Crippen LogP contribution in [-0.2, 0) is 16.1 Å². The van der Waals surface area contributed by atoms with E-state index in [2.05, 4.69) is 26.7 Å². The highest BCUT2D eigenvalue weighted by atomic mass is 79.9. The molecule has 0 aliphatic rings. The van der Waals surface area contributed by atoms with Crippen LogP contribution in [0.1, 0.15) is 11.8 Å². The summed E-state index contributed by atoms with van der Waals surface area (Å²) in [5.41, 5.74) is 0. The fourth-order valence-electron chi connectivity index (χ4n) is 1.18. The van der Waals surface area contributed by atoms with E-state index in [1.165, 1.54) is 12.0 Å². The Balaban J connectivity index is 2.50. The molecule has 0 bridgehead atoms. The average molecular weight is 292 g/mol. The highest BCUT2D eigenvalue weighted by Gasteiger charge is 2.10. The number of esters is 1. The normalized spacial score (nSPS) is 10.7. The number of hydrogen-bond donors (Lipinski definition) is 0. The molecule has 0 atom stereocenters. The van der Waals surface area contributed by atoms with Crippen LogP contribution in [0.2, 0.25) is 0 Å². The Bertz CT molecular complexity index is 327. The number of carbonyl (C=O) groups is 1. The molecule has 1 aromatic heterocycles. The first-order valence-electron chi connectivity index (χ1n) is 4.69. The van der Waals surface area contributed by atoms with Crippen molar-refractivity contribution in [1.82, 2.24) is 4.90 Å². The molecule has 0 radical (unpaired) electrons. The van der Waals surface area contributed by atoms with Gasteiger partial charge in [-0.15, -0.1) is 11.3 Å². The average Bonchev–Trinajstić information content (AvgIpc) is 2.62. The van der Waals surface area contributed by atoms with E-state index in [9.17, 15) is 4.79 Å². The molecule has 1 rings (SSSR count). The summed E-state index contributed by atoms with van der Waals surface area (Å²) in [4.78, 5) is 14.4. The zero-order valence-electron chi connectivity index (χ0n) is 8.83. The maximum Gasteiger partial charge on any atom is 0.319 e. The van der Waals surface area contributed by atoms with E-state index in [0.717, 1.165) is 16.9 Å². The highest BCUT2D eigenvalue weighted by molar-refractivity contribution is 9.11. The van der Waals surface area contributed by atoms with Gasteiger partial charge < -0.3 is 4.74 Å². The van der Waals surface area contributed by atoms with Crippen molar-refractivity contribution in [3.05, 3.63) is 20.8 Å². The summed E-state index contributed by atoms with van der Waals surface area (Å²) in [6.45, 7) is 4.01. The molecule has 3 nitrogen and oxygen atoms in total. The van der Waals surface area contributed by atoms with Crippen molar-refractivity contribution >= 4 is 33.2 Å². The molecule has 84 valence electrons. The van der Waals surface area contributed by atoms with Crippen molar-refractivity contribution in [2.75, 3.05) is 20.2 Å². The van der Waals surface area contributed by atoms with Gasteiger partial charge in [-0.3, -0.25) is 9.69 Å². The number of hydrogen-bond acceptors (Lipinski definition) is 4. The van der Waals surface area contributed by atoms with Crippen LogP contribution < -0.4 is 0 Å². The molecule has 0 aromatic carbocycles. The van der Waals surface area contributed by atoms with Gasteiger partial charge in [0.05, 0.1) is 17.4 Å². The summed E-state index contributed by atoms with van der Waals surface area (Å²) in [5, 5.41) is 0. The first kappa shape index (κ1) is 12.7. The van der Waals surface area contributed by atoms with Crippen molar-refractivity contribution in [3.63, 3.8) is 0 Å². The van der Waals surface area contributed by atoms with Gasteiger partial charge in [-0.2, -0.15) is 0 Å². The van der Waals surface area contributed by atoms with Gasteiger partial charge in [-0.05, 0) is 34.6 Å². The van der Waals surface area contributed by atoms with Gasteiger partial charge in [0.2, 0.25) is 0 Å². The molecule has 0 spiro atoms. The van der Waals surface area contributed by atoms with Crippen LogP contribution in [0.25, 0.3) is 0 Å². The van der Waals surface area contributed by atoms with E-state index in [4.69, 9.17) is 0 Å². The summed E-state index contributed by atoms with van der Waals surface area (Å²) in [5.74, 6) is -0.188. The molecular formula is C10H14BrNO2S. The second-order valence-corrected chi connectivity index (χ2v) is 5.63. The van der Waals surface area contributed by atoms with Crippen LogP contribution in [-0.4, -0.2) is 31.1 Å². The maximum absolute atomic E-state index is 11.1. The number of halogens is 1. The standard InChI is InChI=1S/C10H14BrNO2S/c1-3-12(7-10(13)14-2)6-8-4-5-9(11)15-8/h4-5H,3,6-7H2,1-2H3. The van der Waals surface area contributed by atoms with Crippen LogP contribution in [0.15, 0.2) is 15.9 Å². The zero-order chi connectivity index (χ0) is 11.3. The van der Waals surface area contributed by atoms with Gasteiger partial charge in [0, 0.05) is 11.4 Å². The molecule has 0 saturated heterocycles.